The molecular formula is C58H38N2O. The van der Waals surface area contributed by atoms with E-state index in [1.807, 2.05) is 12.1 Å². The van der Waals surface area contributed by atoms with Crippen LogP contribution in [0.5, 0.6) is 0 Å². The summed E-state index contributed by atoms with van der Waals surface area (Å²) in [6.45, 7) is 0. The van der Waals surface area contributed by atoms with E-state index in [2.05, 4.69) is 228 Å². The Labute approximate surface area is 353 Å². The highest BCUT2D eigenvalue weighted by molar-refractivity contribution is 6.13. The van der Waals surface area contributed by atoms with Gasteiger partial charge in [-0.3, -0.25) is 0 Å². The molecule has 0 radical (unpaired) electrons. The van der Waals surface area contributed by atoms with E-state index in [1.165, 1.54) is 49.3 Å². The molecule has 0 aliphatic heterocycles. The predicted molar refractivity (Wildman–Crippen MR) is 257 cm³/mol. The Kier molecular flexibility index (Phi) is 8.17. The van der Waals surface area contributed by atoms with Crippen molar-refractivity contribution in [1.29, 1.82) is 0 Å². The van der Waals surface area contributed by atoms with Gasteiger partial charge in [0.05, 0.1) is 11.0 Å². The molecular weight excluding hydrogens is 741 g/mol. The number of anilines is 3. The zero-order chi connectivity index (χ0) is 40.3. The maximum atomic E-state index is 6.24. The number of nitrogens with zero attached hydrogens (tertiary/aromatic N) is 2. The molecule has 10 aromatic carbocycles. The zero-order valence-electron chi connectivity index (χ0n) is 33.2. The minimum absolute atomic E-state index is 0.904. The van der Waals surface area contributed by atoms with Crippen LogP contribution in [0.3, 0.4) is 0 Å². The molecule has 0 atom stereocenters. The van der Waals surface area contributed by atoms with Crippen molar-refractivity contribution in [1.82, 2.24) is 4.57 Å². The number of fused-ring (bicyclic) bond motifs is 7. The van der Waals surface area contributed by atoms with E-state index in [4.69, 9.17) is 4.42 Å². The molecule has 61 heavy (non-hydrogen) atoms. The van der Waals surface area contributed by atoms with Gasteiger partial charge in [0.25, 0.3) is 0 Å². The van der Waals surface area contributed by atoms with Crippen LogP contribution in [0.15, 0.2) is 235 Å². The van der Waals surface area contributed by atoms with Crippen molar-refractivity contribution in [2.45, 2.75) is 0 Å². The highest BCUT2D eigenvalue weighted by Gasteiger charge is 2.17. The summed E-state index contributed by atoms with van der Waals surface area (Å²) in [5.74, 6) is 0. The van der Waals surface area contributed by atoms with Gasteiger partial charge in [-0.25, -0.2) is 0 Å². The number of hydrogen-bond acceptors (Lipinski definition) is 2. The Hall–Kier alpha value is -8.14. The summed E-state index contributed by atoms with van der Waals surface area (Å²) in [6, 6.07) is 82.9. The number of para-hydroxylation sites is 3. The van der Waals surface area contributed by atoms with Gasteiger partial charge in [0.2, 0.25) is 0 Å². The second kappa shape index (κ2) is 14.3. The van der Waals surface area contributed by atoms with Crippen molar-refractivity contribution < 1.29 is 4.42 Å². The zero-order valence-corrected chi connectivity index (χ0v) is 33.2. The van der Waals surface area contributed by atoms with Crippen molar-refractivity contribution >= 4 is 71.6 Å². The second-order valence-electron chi connectivity index (χ2n) is 15.7. The summed E-state index contributed by atoms with van der Waals surface area (Å²) in [6.07, 6.45) is 0. The van der Waals surface area contributed by atoms with Crippen LogP contribution in [0.25, 0.3) is 93.6 Å². The van der Waals surface area contributed by atoms with Gasteiger partial charge in [-0.15, -0.1) is 0 Å². The van der Waals surface area contributed by atoms with Gasteiger partial charge < -0.3 is 13.9 Å². The average Bonchev–Trinajstić information content (AvgIpc) is 3.88. The van der Waals surface area contributed by atoms with Crippen LogP contribution in [0.2, 0.25) is 0 Å². The maximum absolute atomic E-state index is 6.24. The molecule has 3 heteroatoms. The molecule has 0 fully saturated rings. The van der Waals surface area contributed by atoms with E-state index in [-0.39, 0.29) is 0 Å². The highest BCUT2D eigenvalue weighted by Crippen LogP contribution is 2.41. The summed E-state index contributed by atoms with van der Waals surface area (Å²) >= 11 is 0. The van der Waals surface area contributed by atoms with E-state index in [0.717, 1.165) is 61.4 Å². The quantitative estimate of drug-likeness (QED) is 0.161. The summed E-state index contributed by atoms with van der Waals surface area (Å²) in [5.41, 5.74) is 15.7. The molecule has 3 nitrogen and oxygen atoms in total. The number of rotatable bonds is 7. The highest BCUT2D eigenvalue weighted by atomic mass is 16.3. The topological polar surface area (TPSA) is 21.3 Å². The SMILES string of the molecule is c1cc(-c2ccc(N(c3ccc(-c4cccc5ccccc45)cc3)c3ccc(-n4c5ccccc5c5ccccc54)cc3)cc2)cc(-c2cccc3oc4ccccc4c23)c1. The summed E-state index contributed by atoms with van der Waals surface area (Å²) in [4.78, 5) is 2.35. The minimum atomic E-state index is 0.904. The van der Waals surface area contributed by atoms with Crippen molar-refractivity contribution in [2.75, 3.05) is 4.90 Å². The Bertz CT molecular complexity index is 3520. The Morgan fingerprint density at radius 1 is 0.328 bits per heavy atom. The predicted octanol–water partition coefficient (Wildman–Crippen LogP) is 16.3. The maximum Gasteiger partial charge on any atom is 0.136 e. The van der Waals surface area contributed by atoms with Crippen molar-refractivity contribution in [3.63, 3.8) is 0 Å². The van der Waals surface area contributed by atoms with Crippen LogP contribution in [-0.2, 0) is 0 Å². The lowest BCUT2D eigenvalue weighted by Crippen LogP contribution is -2.10. The normalized spacial score (nSPS) is 11.6. The summed E-state index contributed by atoms with van der Waals surface area (Å²) in [7, 11) is 0. The van der Waals surface area contributed by atoms with E-state index >= 15 is 0 Å². The third-order valence-corrected chi connectivity index (χ3v) is 12.2. The largest absolute Gasteiger partial charge is 0.456 e. The number of benzene rings is 10. The molecule has 2 aromatic heterocycles. The molecule has 0 N–H and O–H groups in total. The molecule has 0 bridgehead atoms. The van der Waals surface area contributed by atoms with Gasteiger partial charge in [-0.1, -0.05) is 152 Å². The van der Waals surface area contributed by atoms with Gasteiger partial charge in [-0.05, 0) is 123 Å². The number of hydrogen-bond donors (Lipinski definition) is 0. The molecule has 0 spiro atoms. The standard InChI is InChI=1S/C58H38N2O/c1-2-16-48-40(12-1)13-10-20-49(48)41-28-32-45(33-29-41)59(46-34-36-47(37-35-46)60-54-22-6-3-17-51(54)52-18-4-7-23-55(52)60)44-30-26-39(27-31-44)42-14-9-15-43(38-42)50-21-11-25-57-58(50)53-19-5-8-24-56(53)61-57/h1-38H. The van der Waals surface area contributed by atoms with E-state index in [9.17, 15) is 0 Å². The fourth-order valence-electron chi connectivity index (χ4n) is 9.35. The van der Waals surface area contributed by atoms with Gasteiger partial charge in [0.15, 0.2) is 0 Å². The van der Waals surface area contributed by atoms with Crippen LogP contribution in [0.1, 0.15) is 0 Å². The van der Waals surface area contributed by atoms with Crippen molar-refractivity contribution in [3.8, 4) is 39.1 Å². The average molecular weight is 779 g/mol. The molecule has 0 unspecified atom stereocenters. The van der Waals surface area contributed by atoms with Gasteiger partial charge in [-0.2, -0.15) is 0 Å². The third-order valence-electron chi connectivity index (χ3n) is 12.2. The first kappa shape index (κ1) is 34.9. The Morgan fingerprint density at radius 3 is 1.56 bits per heavy atom. The third kappa shape index (κ3) is 5.90. The van der Waals surface area contributed by atoms with Crippen LogP contribution < -0.4 is 4.90 Å². The van der Waals surface area contributed by atoms with Crippen LogP contribution in [-0.4, -0.2) is 4.57 Å². The van der Waals surface area contributed by atoms with Crippen molar-refractivity contribution in [3.05, 3.63) is 231 Å². The molecule has 12 aromatic rings. The Morgan fingerprint density at radius 2 is 0.836 bits per heavy atom. The van der Waals surface area contributed by atoms with Crippen molar-refractivity contribution in [2.24, 2.45) is 0 Å². The molecule has 0 saturated heterocycles. The first-order chi connectivity index (χ1) is 30.2. The first-order valence-electron chi connectivity index (χ1n) is 20.8. The van der Waals surface area contributed by atoms with Gasteiger partial charge >= 0.3 is 0 Å². The molecule has 0 aliphatic rings. The summed E-state index contributed by atoms with van der Waals surface area (Å²) < 4.78 is 8.61. The van der Waals surface area contributed by atoms with E-state index in [1.54, 1.807) is 0 Å². The molecule has 0 amide bonds. The lowest BCUT2D eigenvalue weighted by atomic mass is 9.96. The van der Waals surface area contributed by atoms with Crippen LogP contribution >= 0.6 is 0 Å². The van der Waals surface area contributed by atoms with E-state index < -0.39 is 0 Å². The van der Waals surface area contributed by atoms with Crippen LogP contribution in [0.4, 0.5) is 17.1 Å². The van der Waals surface area contributed by atoms with E-state index in [0.29, 0.717) is 0 Å². The van der Waals surface area contributed by atoms with Gasteiger partial charge in [0.1, 0.15) is 11.2 Å². The molecule has 0 aliphatic carbocycles. The summed E-state index contributed by atoms with van der Waals surface area (Å²) in [5, 5.41) is 7.30. The van der Waals surface area contributed by atoms with Crippen LogP contribution in [0, 0.1) is 0 Å². The second-order valence-corrected chi connectivity index (χ2v) is 15.7. The van der Waals surface area contributed by atoms with Gasteiger partial charge in [0, 0.05) is 44.3 Å². The number of aromatic nitrogens is 1. The smallest absolute Gasteiger partial charge is 0.136 e. The number of furan rings is 1. The first-order valence-corrected chi connectivity index (χ1v) is 20.8. The Balaban J connectivity index is 0.939. The molecule has 2 heterocycles. The molecule has 0 saturated carbocycles. The minimum Gasteiger partial charge on any atom is -0.456 e. The molecule has 12 rings (SSSR count). The fraction of sp³-hybridized carbons (Fsp3) is 0. The monoisotopic (exact) mass is 778 g/mol. The lowest BCUT2D eigenvalue weighted by Gasteiger charge is -2.26. The molecule has 286 valence electrons. The lowest BCUT2D eigenvalue weighted by molar-refractivity contribution is 0.669. The fourth-order valence-corrected chi connectivity index (χ4v) is 9.35.